The van der Waals surface area contributed by atoms with Crippen LogP contribution in [0.3, 0.4) is 0 Å². The number of nitrogens with two attached hydrogens (primary N) is 1. The summed E-state index contributed by atoms with van der Waals surface area (Å²) in [7, 11) is 1.44. The topological polar surface area (TPSA) is 35.2 Å². The predicted octanol–water partition coefficient (Wildman–Crippen LogP) is 2.77. The van der Waals surface area contributed by atoms with Gasteiger partial charge in [0.25, 0.3) is 0 Å². The normalized spacial score (nSPS) is 20.3. The number of halogens is 3. The van der Waals surface area contributed by atoms with Crippen LogP contribution in [0.25, 0.3) is 0 Å². The molecule has 1 aliphatic carbocycles. The lowest BCUT2D eigenvalue weighted by Gasteiger charge is -2.47. The van der Waals surface area contributed by atoms with Crippen molar-refractivity contribution < 1.29 is 17.9 Å². The fourth-order valence-corrected chi connectivity index (χ4v) is 2.62. The minimum atomic E-state index is -2.72. The van der Waals surface area contributed by atoms with Crippen molar-refractivity contribution in [3.05, 3.63) is 29.1 Å². The maximum atomic E-state index is 13.6. The lowest BCUT2D eigenvalue weighted by atomic mass is 9.61. The van der Waals surface area contributed by atoms with Gasteiger partial charge in [0.05, 0.1) is 7.11 Å². The minimum absolute atomic E-state index is 0.0570. The maximum absolute atomic E-state index is 13.6. The summed E-state index contributed by atoms with van der Waals surface area (Å²) in [5.41, 5.74) is 5.62. The zero-order valence-electron chi connectivity index (χ0n) is 10.4. The smallest absolute Gasteiger partial charge is 0.250 e. The zero-order valence-corrected chi connectivity index (χ0v) is 10.4. The van der Waals surface area contributed by atoms with Crippen molar-refractivity contribution in [2.75, 3.05) is 13.7 Å². The van der Waals surface area contributed by atoms with Gasteiger partial charge in [-0.1, -0.05) is 0 Å². The number of aryl methyl sites for hydroxylation is 1. The highest BCUT2D eigenvalue weighted by Gasteiger charge is 2.57. The second-order valence-corrected chi connectivity index (χ2v) is 5.00. The number of hydrogen-bond acceptors (Lipinski definition) is 2. The van der Waals surface area contributed by atoms with Gasteiger partial charge in [-0.15, -0.1) is 0 Å². The Balaban J connectivity index is 2.47. The molecule has 0 spiro atoms. The summed E-state index contributed by atoms with van der Waals surface area (Å²) in [6, 6.07) is 2.80. The third kappa shape index (κ3) is 1.96. The molecule has 1 aliphatic rings. The molecule has 0 aliphatic heterocycles. The molecule has 2 N–H and O–H groups in total. The van der Waals surface area contributed by atoms with Gasteiger partial charge < -0.3 is 10.5 Å². The van der Waals surface area contributed by atoms with Gasteiger partial charge in [-0.25, -0.2) is 13.2 Å². The molecule has 1 aromatic rings. The molecule has 0 radical (unpaired) electrons. The fraction of sp³-hybridized carbons (Fsp3) is 0.538. The van der Waals surface area contributed by atoms with Gasteiger partial charge >= 0.3 is 0 Å². The van der Waals surface area contributed by atoms with Crippen molar-refractivity contribution in [2.45, 2.75) is 31.1 Å². The molecule has 0 amide bonds. The molecule has 0 atom stereocenters. The van der Waals surface area contributed by atoms with E-state index in [1.807, 2.05) is 0 Å². The molecule has 1 saturated carbocycles. The molecule has 2 nitrogen and oxygen atoms in total. The molecule has 5 heteroatoms. The van der Waals surface area contributed by atoms with Crippen molar-refractivity contribution in [3.63, 3.8) is 0 Å². The molecule has 0 bridgehead atoms. The van der Waals surface area contributed by atoms with Crippen LogP contribution in [0, 0.1) is 12.7 Å². The van der Waals surface area contributed by atoms with Gasteiger partial charge in [-0.2, -0.15) is 0 Å². The van der Waals surface area contributed by atoms with E-state index in [-0.39, 0.29) is 19.4 Å². The van der Waals surface area contributed by atoms with Gasteiger partial charge in [-0.3, -0.25) is 0 Å². The lowest BCUT2D eigenvalue weighted by molar-refractivity contribution is -0.124. The van der Waals surface area contributed by atoms with E-state index >= 15 is 0 Å². The Morgan fingerprint density at radius 3 is 2.39 bits per heavy atom. The second kappa shape index (κ2) is 4.16. The van der Waals surface area contributed by atoms with E-state index in [0.717, 1.165) is 0 Å². The van der Waals surface area contributed by atoms with E-state index in [0.29, 0.717) is 16.9 Å². The third-order valence-corrected chi connectivity index (χ3v) is 3.64. The summed E-state index contributed by atoms with van der Waals surface area (Å²) in [6.07, 6.45) is -0.704. The first kappa shape index (κ1) is 13.2. The summed E-state index contributed by atoms with van der Waals surface area (Å²) in [4.78, 5) is 0. The summed E-state index contributed by atoms with van der Waals surface area (Å²) in [5, 5.41) is 0. The molecule has 0 aromatic heterocycles. The first-order chi connectivity index (χ1) is 8.33. The maximum Gasteiger partial charge on any atom is 0.250 e. The summed E-state index contributed by atoms with van der Waals surface area (Å²) >= 11 is 0. The zero-order chi connectivity index (χ0) is 13.6. The number of methoxy groups -OCH3 is 1. The van der Waals surface area contributed by atoms with Crippen LogP contribution >= 0.6 is 0 Å². The van der Waals surface area contributed by atoms with Crippen molar-refractivity contribution in [3.8, 4) is 5.75 Å². The van der Waals surface area contributed by atoms with Crippen LogP contribution in [-0.4, -0.2) is 19.6 Å². The van der Waals surface area contributed by atoms with Gasteiger partial charge in [0.1, 0.15) is 11.6 Å². The number of alkyl halides is 2. The van der Waals surface area contributed by atoms with Crippen LogP contribution < -0.4 is 10.5 Å². The van der Waals surface area contributed by atoms with Crippen LogP contribution in [0.1, 0.15) is 24.0 Å². The SMILES string of the molecule is COc1cc(C)c(F)cc1C1(CN)CC(F)(F)C1. The molecule has 1 fully saturated rings. The average Bonchev–Trinajstić information content (AvgIpc) is 2.28. The molecular formula is C13H16F3NO. The molecule has 1 aromatic carbocycles. The Morgan fingerprint density at radius 1 is 1.33 bits per heavy atom. The Labute approximate surface area is 104 Å². The molecular weight excluding hydrogens is 243 g/mol. The molecule has 18 heavy (non-hydrogen) atoms. The molecule has 2 rings (SSSR count). The molecule has 0 saturated heterocycles. The Morgan fingerprint density at radius 2 is 1.94 bits per heavy atom. The van der Waals surface area contributed by atoms with Crippen LogP contribution in [0.4, 0.5) is 13.2 Å². The first-order valence-electron chi connectivity index (χ1n) is 5.76. The molecule has 0 heterocycles. The highest BCUT2D eigenvalue weighted by Crippen LogP contribution is 2.55. The molecule has 100 valence electrons. The van der Waals surface area contributed by atoms with Gasteiger partial charge in [0.15, 0.2) is 0 Å². The number of ether oxygens (including phenoxy) is 1. The van der Waals surface area contributed by atoms with Crippen LogP contribution in [0.5, 0.6) is 5.75 Å². The van der Waals surface area contributed by atoms with E-state index in [1.165, 1.54) is 19.2 Å². The van der Waals surface area contributed by atoms with Crippen LogP contribution in [-0.2, 0) is 5.41 Å². The Hall–Kier alpha value is -1.23. The second-order valence-electron chi connectivity index (χ2n) is 5.00. The standard InChI is InChI=1S/C13H16F3NO/c1-8-3-11(18-2)9(4-10(8)14)12(7-17)5-13(15,16)6-12/h3-4H,5-7,17H2,1-2H3. The van der Waals surface area contributed by atoms with Crippen molar-refractivity contribution in [1.82, 2.24) is 0 Å². The predicted molar refractivity (Wildman–Crippen MR) is 62.6 cm³/mol. The van der Waals surface area contributed by atoms with E-state index in [9.17, 15) is 13.2 Å². The number of hydrogen-bond donors (Lipinski definition) is 1. The Bertz CT molecular complexity index is 466. The van der Waals surface area contributed by atoms with Crippen LogP contribution in [0.15, 0.2) is 12.1 Å². The molecule has 0 unspecified atom stereocenters. The third-order valence-electron chi connectivity index (χ3n) is 3.64. The first-order valence-corrected chi connectivity index (χ1v) is 5.76. The van der Waals surface area contributed by atoms with Crippen LogP contribution in [0.2, 0.25) is 0 Å². The van der Waals surface area contributed by atoms with E-state index in [2.05, 4.69) is 0 Å². The van der Waals surface area contributed by atoms with Gasteiger partial charge in [-0.05, 0) is 24.6 Å². The van der Waals surface area contributed by atoms with Crippen molar-refractivity contribution >= 4 is 0 Å². The highest BCUT2D eigenvalue weighted by molar-refractivity contribution is 5.45. The van der Waals surface area contributed by atoms with Crippen molar-refractivity contribution in [1.29, 1.82) is 0 Å². The highest BCUT2D eigenvalue weighted by atomic mass is 19.3. The summed E-state index contributed by atoms with van der Waals surface area (Å²) < 4.78 is 45.1. The van der Waals surface area contributed by atoms with E-state index < -0.39 is 17.2 Å². The lowest BCUT2D eigenvalue weighted by Crippen LogP contribution is -2.53. The fourth-order valence-electron chi connectivity index (χ4n) is 2.62. The Kier molecular flexibility index (Phi) is 3.05. The minimum Gasteiger partial charge on any atom is -0.496 e. The largest absolute Gasteiger partial charge is 0.496 e. The quantitative estimate of drug-likeness (QED) is 0.906. The number of benzene rings is 1. The monoisotopic (exact) mass is 259 g/mol. The van der Waals surface area contributed by atoms with E-state index in [1.54, 1.807) is 6.92 Å². The average molecular weight is 259 g/mol. The summed E-state index contributed by atoms with van der Waals surface area (Å²) in [6.45, 7) is 1.66. The van der Waals surface area contributed by atoms with Crippen molar-refractivity contribution in [2.24, 2.45) is 5.73 Å². The van der Waals surface area contributed by atoms with Gasteiger partial charge in [0.2, 0.25) is 5.92 Å². The van der Waals surface area contributed by atoms with Gasteiger partial charge in [0, 0.05) is 30.4 Å². The summed E-state index contributed by atoms with van der Waals surface area (Å²) in [5.74, 6) is -2.71. The number of rotatable bonds is 3. The van der Waals surface area contributed by atoms with E-state index in [4.69, 9.17) is 10.5 Å².